The predicted octanol–water partition coefficient (Wildman–Crippen LogP) is 0.657. The first-order valence-electron chi connectivity index (χ1n) is 10.3. The zero-order valence-corrected chi connectivity index (χ0v) is 18.5. The van der Waals surface area contributed by atoms with Crippen LogP contribution in [0.25, 0.3) is 0 Å². The molecular weight excluding hydrogens is 428 g/mol. The minimum Gasteiger partial charge on any atom is -0.481 e. The van der Waals surface area contributed by atoms with Crippen LogP contribution in [0.4, 0.5) is 0 Å². The van der Waals surface area contributed by atoms with Gasteiger partial charge in [0.2, 0.25) is 12.2 Å². The average Bonchev–Trinajstić information content (AvgIpc) is 2.78. The lowest BCUT2D eigenvalue weighted by atomic mass is 10.2. The third kappa shape index (κ3) is 63.1. The first kappa shape index (κ1) is 36.9. The van der Waals surface area contributed by atoms with Crippen LogP contribution in [0.2, 0.25) is 0 Å². The number of carboxylic acid groups (broad SMARTS) is 2. The number of aliphatic imine (C=N–C) groups is 2. The summed E-state index contributed by atoms with van der Waals surface area (Å²) >= 11 is 0. The van der Waals surface area contributed by atoms with Gasteiger partial charge in [0.15, 0.2) is 0 Å². The second-order valence-corrected chi connectivity index (χ2v) is 5.96. The third-order valence-electron chi connectivity index (χ3n) is 3.12. The summed E-state index contributed by atoms with van der Waals surface area (Å²) in [6, 6.07) is 0. The van der Waals surface area contributed by atoms with Crippen molar-refractivity contribution in [2.24, 2.45) is 9.98 Å². The Labute approximate surface area is 188 Å². The molecule has 0 aromatic heterocycles. The number of carbonyl (C=O) groups is 2. The Morgan fingerprint density at radius 2 is 0.875 bits per heavy atom. The fourth-order valence-corrected chi connectivity index (χ4v) is 1.60. The molecule has 0 rings (SSSR count). The maximum atomic E-state index is 9.90. The molecule has 0 aliphatic rings. The second-order valence-electron chi connectivity index (χ2n) is 5.96. The number of unbranched alkanes of at least 4 members (excludes halogenated alkanes) is 5. The molecule has 0 amide bonds. The molecule has 12 nitrogen and oxygen atoms in total. The minimum atomic E-state index is -0.870. The summed E-state index contributed by atoms with van der Waals surface area (Å²) in [6.45, 7) is 1.25. The van der Waals surface area contributed by atoms with Gasteiger partial charge >= 0.3 is 11.9 Å². The van der Waals surface area contributed by atoms with E-state index in [0.717, 1.165) is 38.5 Å². The SMILES string of the molecule is O=C(O)CCCCC(=O)O.O=C=NCCCCCCN=C=O.OCCCCO.OCCO. The van der Waals surface area contributed by atoms with Gasteiger partial charge in [-0.25, -0.2) is 19.6 Å². The van der Waals surface area contributed by atoms with Crippen LogP contribution in [0.15, 0.2) is 9.98 Å². The van der Waals surface area contributed by atoms with Crippen molar-refractivity contribution in [2.45, 2.75) is 64.2 Å². The van der Waals surface area contributed by atoms with Crippen molar-refractivity contribution in [1.29, 1.82) is 0 Å². The van der Waals surface area contributed by atoms with Crippen molar-refractivity contribution in [3.05, 3.63) is 0 Å². The van der Waals surface area contributed by atoms with Gasteiger partial charge in [-0.15, -0.1) is 0 Å². The first-order valence-corrected chi connectivity index (χ1v) is 10.3. The Balaban J connectivity index is -0.000000176. The molecule has 0 bridgehead atoms. The number of aliphatic hydroxyl groups excluding tert-OH is 4. The summed E-state index contributed by atoms with van der Waals surface area (Å²) in [5.74, 6) is -1.74. The van der Waals surface area contributed by atoms with E-state index in [1.54, 1.807) is 0 Å². The molecule has 0 saturated carbocycles. The van der Waals surface area contributed by atoms with Crippen LogP contribution in [0.3, 0.4) is 0 Å². The van der Waals surface area contributed by atoms with Crippen LogP contribution in [0, 0.1) is 0 Å². The number of carboxylic acids is 2. The lowest BCUT2D eigenvalue weighted by Gasteiger charge is -1.93. The smallest absolute Gasteiger partial charge is 0.303 e. The van der Waals surface area contributed by atoms with Crippen molar-refractivity contribution in [3.8, 4) is 0 Å². The van der Waals surface area contributed by atoms with Crippen molar-refractivity contribution in [3.63, 3.8) is 0 Å². The van der Waals surface area contributed by atoms with E-state index >= 15 is 0 Å². The quantitative estimate of drug-likeness (QED) is 0.106. The van der Waals surface area contributed by atoms with Gasteiger partial charge in [-0.1, -0.05) is 12.8 Å². The normalized spacial score (nSPS) is 8.62. The standard InChI is InChI=1S/C8H12N2O2.C6H10O4.C4H10O2.C2H6O2/c11-7-9-5-3-1-2-4-6-10-8-12;7-5(8)3-1-2-4-6(9)10;5-3-1-2-4-6;3-1-2-4/h1-6H2;1-4H2,(H,7,8)(H,9,10);5-6H,1-4H2;3-4H,1-2H2. The Morgan fingerprint density at radius 3 is 1.09 bits per heavy atom. The molecule has 0 fully saturated rings. The van der Waals surface area contributed by atoms with Crippen LogP contribution in [0.1, 0.15) is 64.2 Å². The molecule has 6 N–H and O–H groups in total. The first-order chi connectivity index (χ1) is 15.4. The van der Waals surface area contributed by atoms with E-state index in [4.69, 9.17) is 30.6 Å². The van der Waals surface area contributed by atoms with E-state index in [1.165, 1.54) is 12.2 Å². The average molecular weight is 467 g/mol. The van der Waals surface area contributed by atoms with Crippen LogP contribution < -0.4 is 0 Å². The van der Waals surface area contributed by atoms with Crippen LogP contribution in [-0.4, -0.2) is 94.3 Å². The summed E-state index contributed by atoms with van der Waals surface area (Å²) in [7, 11) is 0. The predicted molar refractivity (Wildman–Crippen MR) is 116 cm³/mol. The van der Waals surface area contributed by atoms with Gasteiger partial charge < -0.3 is 30.6 Å². The molecule has 0 aliphatic heterocycles. The van der Waals surface area contributed by atoms with E-state index in [2.05, 4.69) is 9.98 Å². The Bertz CT molecular complexity index is 447. The minimum absolute atomic E-state index is 0.0628. The van der Waals surface area contributed by atoms with E-state index in [-0.39, 0.29) is 39.3 Å². The van der Waals surface area contributed by atoms with E-state index < -0.39 is 11.9 Å². The van der Waals surface area contributed by atoms with E-state index in [1.807, 2.05) is 0 Å². The number of aliphatic carboxylic acids is 2. The summed E-state index contributed by atoms with van der Waals surface area (Å²) in [4.78, 5) is 45.9. The Morgan fingerprint density at radius 1 is 0.531 bits per heavy atom. The van der Waals surface area contributed by atoms with Gasteiger partial charge in [0, 0.05) is 26.1 Å². The number of carbonyl (C=O) groups excluding carboxylic acids is 2. The number of isocyanates is 2. The molecule has 0 aromatic rings. The van der Waals surface area contributed by atoms with Crippen molar-refractivity contribution >= 4 is 24.1 Å². The molecule has 0 saturated heterocycles. The number of aliphatic hydroxyl groups is 4. The summed E-state index contributed by atoms with van der Waals surface area (Å²) < 4.78 is 0. The zero-order valence-electron chi connectivity index (χ0n) is 18.5. The Hall–Kier alpha value is -2.46. The summed E-state index contributed by atoms with van der Waals surface area (Å²) in [5, 5.41) is 47.7. The number of nitrogens with zero attached hydrogens (tertiary/aromatic N) is 2. The molecule has 188 valence electrons. The maximum absolute atomic E-state index is 9.90. The number of hydrogen-bond acceptors (Lipinski definition) is 10. The summed E-state index contributed by atoms with van der Waals surface area (Å²) in [5.41, 5.74) is 0. The van der Waals surface area contributed by atoms with Crippen LogP contribution in [-0.2, 0) is 19.2 Å². The van der Waals surface area contributed by atoms with E-state index in [9.17, 15) is 19.2 Å². The van der Waals surface area contributed by atoms with Gasteiger partial charge in [0.25, 0.3) is 0 Å². The molecular formula is C20H38N2O10. The monoisotopic (exact) mass is 466 g/mol. The fourth-order valence-electron chi connectivity index (χ4n) is 1.60. The number of hydrogen-bond donors (Lipinski definition) is 6. The van der Waals surface area contributed by atoms with Crippen LogP contribution >= 0.6 is 0 Å². The molecule has 0 spiro atoms. The van der Waals surface area contributed by atoms with Gasteiger partial charge in [0.05, 0.1) is 26.3 Å². The highest BCUT2D eigenvalue weighted by Crippen LogP contribution is 1.99. The van der Waals surface area contributed by atoms with Crippen molar-refractivity contribution < 1.29 is 49.8 Å². The van der Waals surface area contributed by atoms with Gasteiger partial charge in [-0.3, -0.25) is 9.59 Å². The van der Waals surface area contributed by atoms with Gasteiger partial charge in [-0.05, 0) is 38.5 Å². The molecule has 0 unspecified atom stereocenters. The molecule has 0 heterocycles. The molecule has 0 aromatic carbocycles. The highest BCUT2D eigenvalue weighted by atomic mass is 16.4. The highest BCUT2D eigenvalue weighted by Gasteiger charge is 1.99. The van der Waals surface area contributed by atoms with E-state index in [0.29, 0.717) is 25.9 Å². The van der Waals surface area contributed by atoms with Gasteiger partial charge in [-0.2, -0.15) is 0 Å². The lowest BCUT2D eigenvalue weighted by Crippen LogP contribution is -1.97. The lowest BCUT2D eigenvalue weighted by molar-refractivity contribution is -0.139. The van der Waals surface area contributed by atoms with Crippen molar-refractivity contribution in [2.75, 3.05) is 39.5 Å². The summed E-state index contributed by atoms with van der Waals surface area (Å²) in [6.07, 6.45) is 9.26. The van der Waals surface area contributed by atoms with Gasteiger partial charge in [0.1, 0.15) is 0 Å². The third-order valence-corrected chi connectivity index (χ3v) is 3.12. The second kappa shape index (κ2) is 39.1. The molecule has 12 heteroatoms. The fraction of sp³-hybridized carbons (Fsp3) is 0.800. The topological polar surface area (TPSA) is 214 Å². The Kier molecular flexibility index (Phi) is 45.0. The molecule has 32 heavy (non-hydrogen) atoms. The van der Waals surface area contributed by atoms with Crippen molar-refractivity contribution in [1.82, 2.24) is 0 Å². The largest absolute Gasteiger partial charge is 0.481 e. The zero-order chi connectivity index (χ0) is 25.3. The molecule has 0 atom stereocenters. The molecule has 0 radical (unpaired) electrons. The number of rotatable bonds is 16. The maximum Gasteiger partial charge on any atom is 0.303 e. The molecule has 0 aliphatic carbocycles. The van der Waals surface area contributed by atoms with Crippen LogP contribution in [0.5, 0.6) is 0 Å². The highest BCUT2D eigenvalue weighted by molar-refractivity contribution is 5.67.